The summed E-state index contributed by atoms with van der Waals surface area (Å²) >= 11 is 5.16. The minimum atomic E-state index is -2.43. The molecule has 7 heteroatoms. The molecule has 1 aromatic carbocycles. The molecule has 2 aromatic rings. The Kier molecular flexibility index (Phi) is 4.36. The second-order valence-corrected chi connectivity index (χ2v) is 5.68. The molecule has 0 saturated heterocycles. The number of thiazole rings is 1. The number of alkyl halides is 2. The maximum absolute atomic E-state index is 12.4. The van der Waals surface area contributed by atoms with E-state index >= 15 is 0 Å². The third-order valence-corrected chi connectivity index (χ3v) is 4.08. The molecule has 0 amide bonds. The second kappa shape index (κ2) is 5.79. The predicted octanol–water partition coefficient (Wildman–Crippen LogP) is 4.96. The van der Waals surface area contributed by atoms with Gasteiger partial charge in [0.2, 0.25) is 0 Å². The topological polar surface area (TPSA) is 24.9 Å². The van der Waals surface area contributed by atoms with E-state index in [-0.39, 0.29) is 0 Å². The number of nitrogens with zero attached hydrogens (tertiary/aromatic N) is 1. The molecule has 0 unspecified atom stereocenters. The van der Waals surface area contributed by atoms with Gasteiger partial charge >= 0.3 is 0 Å². The molecule has 0 atom stereocenters. The molecule has 1 heterocycles. The first-order chi connectivity index (χ1) is 8.15. The van der Waals surface area contributed by atoms with Crippen LogP contribution >= 0.6 is 39.0 Å². The van der Waals surface area contributed by atoms with Crippen LogP contribution in [-0.4, -0.2) is 10.7 Å². The molecule has 2 rings (SSSR count). The molecule has 1 aromatic heterocycles. The highest BCUT2D eigenvalue weighted by molar-refractivity contribution is 9.10. The summed E-state index contributed by atoms with van der Waals surface area (Å²) in [5.41, 5.74) is 0.639. The van der Waals surface area contributed by atoms with Crippen molar-refractivity contribution in [3.63, 3.8) is 0 Å². The summed E-state index contributed by atoms with van der Waals surface area (Å²) < 4.78 is 25.4. The number of rotatable bonds is 4. The number of para-hydroxylation sites is 1. The molecule has 0 saturated carbocycles. The Hall–Kier alpha value is -0.660. The van der Waals surface area contributed by atoms with Crippen molar-refractivity contribution in [2.24, 2.45) is 0 Å². The lowest BCUT2D eigenvalue weighted by atomic mass is 10.3. The number of aromatic nitrogens is 1. The van der Waals surface area contributed by atoms with Crippen LogP contribution in [0.3, 0.4) is 0 Å². The van der Waals surface area contributed by atoms with Gasteiger partial charge in [0, 0.05) is 10.3 Å². The molecule has 0 fully saturated rings. The van der Waals surface area contributed by atoms with Crippen molar-refractivity contribution in [3.05, 3.63) is 34.2 Å². The van der Waals surface area contributed by atoms with E-state index in [1.807, 2.05) is 5.38 Å². The Balaban J connectivity index is 2.20. The first-order valence-electron chi connectivity index (χ1n) is 4.57. The molecule has 90 valence electrons. The maximum Gasteiger partial charge on any atom is 0.288 e. The highest BCUT2D eigenvalue weighted by Gasteiger charge is 2.10. The molecule has 0 spiro atoms. The highest BCUT2D eigenvalue weighted by Crippen LogP contribution is 2.34. The van der Waals surface area contributed by atoms with E-state index in [0.717, 1.165) is 4.60 Å². The lowest BCUT2D eigenvalue weighted by molar-refractivity contribution is 0.252. The Bertz CT molecular complexity index is 505. The highest BCUT2D eigenvalue weighted by atomic mass is 79.9. The standard InChI is InChI=1S/C10H7BrF2N2S2/c11-8-5-16-10(15-8)14-6-3-1-2-4-7(6)17-9(12)13/h1-5,9H,(H,14,15). The average Bonchev–Trinajstić information content (AvgIpc) is 2.66. The molecular formula is C10H7BrF2N2S2. The van der Waals surface area contributed by atoms with Crippen molar-refractivity contribution in [1.82, 2.24) is 4.98 Å². The van der Waals surface area contributed by atoms with Crippen LogP contribution in [-0.2, 0) is 0 Å². The summed E-state index contributed by atoms with van der Waals surface area (Å²) in [7, 11) is 0. The van der Waals surface area contributed by atoms with Crippen molar-refractivity contribution >= 4 is 49.8 Å². The average molecular weight is 337 g/mol. The molecule has 0 bridgehead atoms. The van der Waals surface area contributed by atoms with E-state index in [2.05, 4.69) is 26.2 Å². The smallest absolute Gasteiger partial charge is 0.288 e. The first-order valence-corrected chi connectivity index (χ1v) is 7.12. The van der Waals surface area contributed by atoms with Crippen LogP contribution in [0.5, 0.6) is 0 Å². The zero-order valence-electron chi connectivity index (χ0n) is 8.36. The van der Waals surface area contributed by atoms with Gasteiger partial charge in [-0.05, 0) is 28.1 Å². The fraction of sp³-hybridized carbons (Fsp3) is 0.100. The minimum Gasteiger partial charge on any atom is -0.331 e. The number of anilines is 2. The maximum atomic E-state index is 12.4. The molecule has 2 nitrogen and oxygen atoms in total. The predicted molar refractivity (Wildman–Crippen MR) is 71.4 cm³/mol. The van der Waals surface area contributed by atoms with Gasteiger partial charge in [-0.15, -0.1) is 11.3 Å². The van der Waals surface area contributed by atoms with Crippen LogP contribution in [0.1, 0.15) is 0 Å². The molecule has 0 aliphatic heterocycles. The van der Waals surface area contributed by atoms with Gasteiger partial charge in [0.25, 0.3) is 5.76 Å². The number of thioether (sulfide) groups is 1. The summed E-state index contributed by atoms with van der Waals surface area (Å²) in [5.74, 6) is -2.43. The van der Waals surface area contributed by atoms with Crippen LogP contribution in [0, 0.1) is 0 Å². The molecule has 0 radical (unpaired) electrons. The lowest BCUT2D eigenvalue weighted by Crippen LogP contribution is -1.93. The fourth-order valence-corrected chi connectivity index (χ4v) is 2.95. The lowest BCUT2D eigenvalue weighted by Gasteiger charge is -2.08. The summed E-state index contributed by atoms with van der Waals surface area (Å²) in [5, 5.41) is 5.51. The Morgan fingerprint density at radius 1 is 1.35 bits per heavy atom. The van der Waals surface area contributed by atoms with Crippen LogP contribution in [0.25, 0.3) is 0 Å². The molecule has 17 heavy (non-hydrogen) atoms. The summed E-state index contributed by atoms with van der Waals surface area (Å²) in [4.78, 5) is 4.66. The van der Waals surface area contributed by atoms with Crippen LogP contribution in [0.15, 0.2) is 39.1 Å². The van der Waals surface area contributed by atoms with Gasteiger partial charge in [-0.25, -0.2) is 4.98 Å². The minimum absolute atomic E-state index is 0.508. The molecular weight excluding hydrogens is 330 g/mol. The third-order valence-electron chi connectivity index (χ3n) is 1.82. The van der Waals surface area contributed by atoms with Gasteiger partial charge < -0.3 is 5.32 Å². The monoisotopic (exact) mass is 336 g/mol. The third kappa shape index (κ3) is 3.65. The van der Waals surface area contributed by atoms with Crippen LogP contribution in [0.2, 0.25) is 0 Å². The normalized spacial score (nSPS) is 10.8. The van der Waals surface area contributed by atoms with E-state index in [0.29, 0.717) is 27.5 Å². The quantitative estimate of drug-likeness (QED) is 0.798. The van der Waals surface area contributed by atoms with Crippen molar-refractivity contribution in [1.29, 1.82) is 0 Å². The Morgan fingerprint density at radius 3 is 2.76 bits per heavy atom. The van der Waals surface area contributed by atoms with E-state index < -0.39 is 5.76 Å². The van der Waals surface area contributed by atoms with Crippen molar-refractivity contribution in [2.75, 3.05) is 5.32 Å². The van der Waals surface area contributed by atoms with E-state index in [4.69, 9.17) is 0 Å². The first kappa shape index (κ1) is 12.8. The fourth-order valence-electron chi connectivity index (χ4n) is 1.20. The number of nitrogens with one attached hydrogen (secondary N) is 1. The van der Waals surface area contributed by atoms with E-state index in [9.17, 15) is 8.78 Å². The van der Waals surface area contributed by atoms with Crippen LogP contribution < -0.4 is 5.32 Å². The summed E-state index contributed by atoms with van der Waals surface area (Å²) in [6.45, 7) is 0. The van der Waals surface area contributed by atoms with E-state index in [1.165, 1.54) is 11.3 Å². The van der Waals surface area contributed by atoms with Gasteiger partial charge in [0.1, 0.15) is 4.60 Å². The number of benzene rings is 1. The molecule has 1 N–H and O–H groups in total. The Labute approximate surface area is 114 Å². The van der Waals surface area contributed by atoms with Gasteiger partial charge in [0.15, 0.2) is 5.13 Å². The number of halogens is 3. The second-order valence-electron chi connectivity index (χ2n) is 2.98. The largest absolute Gasteiger partial charge is 0.331 e. The number of hydrogen-bond donors (Lipinski definition) is 1. The molecule has 0 aliphatic rings. The van der Waals surface area contributed by atoms with Gasteiger partial charge in [-0.2, -0.15) is 8.78 Å². The van der Waals surface area contributed by atoms with E-state index in [1.54, 1.807) is 24.3 Å². The van der Waals surface area contributed by atoms with Crippen LogP contribution in [0.4, 0.5) is 19.6 Å². The van der Waals surface area contributed by atoms with Crippen molar-refractivity contribution in [2.45, 2.75) is 10.7 Å². The summed E-state index contributed by atoms with van der Waals surface area (Å²) in [6, 6.07) is 6.93. The zero-order valence-corrected chi connectivity index (χ0v) is 11.6. The Morgan fingerprint density at radius 2 is 2.12 bits per heavy atom. The van der Waals surface area contributed by atoms with Gasteiger partial charge in [-0.1, -0.05) is 23.9 Å². The molecule has 0 aliphatic carbocycles. The summed E-state index contributed by atoms with van der Waals surface area (Å²) in [6.07, 6.45) is 0. The van der Waals surface area contributed by atoms with Gasteiger partial charge in [-0.3, -0.25) is 0 Å². The number of hydrogen-bond acceptors (Lipinski definition) is 4. The van der Waals surface area contributed by atoms with Crippen molar-refractivity contribution < 1.29 is 8.78 Å². The van der Waals surface area contributed by atoms with Gasteiger partial charge in [0.05, 0.1) is 5.69 Å². The van der Waals surface area contributed by atoms with Crippen molar-refractivity contribution in [3.8, 4) is 0 Å². The SMILES string of the molecule is FC(F)Sc1ccccc1Nc1nc(Br)cs1. The zero-order chi connectivity index (χ0) is 12.3.